The Morgan fingerprint density at radius 3 is 2.42 bits per heavy atom. The summed E-state index contributed by atoms with van der Waals surface area (Å²) < 4.78 is 10.5. The van der Waals surface area contributed by atoms with Crippen LogP contribution in [0.15, 0.2) is 59.6 Å². The van der Waals surface area contributed by atoms with E-state index >= 15 is 0 Å². The van der Waals surface area contributed by atoms with Gasteiger partial charge in [0.25, 0.3) is 0 Å². The van der Waals surface area contributed by atoms with E-state index in [9.17, 15) is 9.59 Å². The molecule has 164 valence electrons. The van der Waals surface area contributed by atoms with E-state index in [4.69, 9.17) is 15.2 Å². The lowest BCUT2D eigenvalue weighted by Gasteiger charge is -2.25. The van der Waals surface area contributed by atoms with Crippen LogP contribution < -0.4 is 11.1 Å². The highest BCUT2D eigenvalue weighted by Gasteiger charge is 2.25. The van der Waals surface area contributed by atoms with Crippen molar-refractivity contribution < 1.29 is 19.1 Å². The van der Waals surface area contributed by atoms with E-state index in [2.05, 4.69) is 15.2 Å². The van der Waals surface area contributed by atoms with Crippen molar-refractivity contribution in [3.63, 3.8) is 0 Å². The van der Waals surface area contributed by atoms with E-state index in [1.54, 1.807) is 24.3 Å². The number of aliphatic imine (C=N–C) groups is 1. The zero-order chi connectivity index (χ0) is 22.1. The lowest BCUT2D eigenvalue weighted by atomic mass is 10.2. The number of ether oxygens (including phenoxy) is 2. The maximum atomic E-state index is 12.3. The Kier molecular flexibility index (Phi) is 8.00. The number of amidine groups is 1. The SMILES string of the molecule is CC(C(=NC(=O)OCc1cccc(N)c1)NC(=O)OCc1ccccc1)N1CCCC1. The molecule has 8 heteroatoms. The zero-order valence-corrected chi connectivity index (χ0v) is 17.6. The van der Waals surface area contributed by atoms with Gasteiger partial charge in [-0.15, -0.1) is 0 Å². The predicted octanol–water partition coefficient (Wildman–Crippen LogP) is 3.71. The second-order valence-electron chi connectivity index (χ2n) is 7.40. The highest BCUT2D eigenvalue weighted by Crippen LogP contribution is 2.13. The summed E-state index contributed by atoms with van der Waals surface area (Å²) in [6.45, 7) is 3.81. The molecule has 1 heterocycles. The molecular formula is C23H28N4O4. The van der Waals surface area contributed by atoms with Crippen molar-refractivity contribution in [3.05, 3.63) is 65.7 Å². The predicted molar refractivity (Wildman–Crippen MR) is 119 cm³/mol. The minimum atomic E-state index is -0.785. The molecule has 1 atom stereocenters. The Morgan fingerprint density at radius 2 is 1.71 bits per heavy atom. The third-order valence-electron chi connectivity index (χ3n) is 5.05. The number of nitrogens with zero attached hydrogens (tertiary/aromatic N) is 2. The number of nitrogens with one attached hydrogen (secondary N) is 1. The first-order valence-corrected chi connectivity index (χ1v) is 10.3. The van der Waals surface area contributed by atoms with Crippen molar-refractivity contribution in [1.29, 1.82) is 0 Å². The van der Waals surface area contributed by atoms with Gasteiger partial charge in [0.05, 0.1) is 6.04 Å². The molecule has 3 N–H and O–H groups in total. The molecule has 31 heavy (non-hydrogen) atoms. The van der Waals surface area contributed by atoms with Crippen LogP contribution in [0.1, 0.15) is 30.9 Å². The van der Waals surface area contributed by atoms with Gasteiger partial charge in [0.15, 0.2) is 0 Å². The van der Waals surface area contributed by atoms with Crippen LogP contribution in [0.5, 0.6) is 0 Å². The number of rotatable bonds is 6. The first-order valence-electron chi connectivity index (χ1n) is 10.3. The van der Waals surface area contributed by atoms with Crippen molar-refractivity contribution in [2.75, 3.05) is 18.8 Å². The van der Waals surface area contributed by atoms with Crippen LogP contribution in [0.2, 0.25) is 0 Å². The van der Waals surface area contributed by atoms with E-state index in [1.807, 2.05) is 37.3 Å². The summed E-state index contributed by atoms with van der Waals surface area (Å²) in [4.78, 5) is 30.9. The molecule has 8 nitrogen and oxygen atoms in total. The van der Waals surface area contributed by atoms with Gasteiger partial charge in [-0.1, -0.05) is 42.5 Å². The molecule has 1 aliphatic rings. The molecule has 0 saturated carbocycles. The van der Waals surface area contributed by atoms with Crippen LogP contribution in [0.4, 0.5) is 15.3 Å². The highest BCUT2D eigenvalue weighted by atomic mass is 16.6. The second kappa shape index (κ2) is 11.1. The van der Waals surface area contributed by atoms with Crippen molar-refractivity contribution >= 4 is 23.7 Å². The molecule has 0 bridgehead atoms. The summed E-state index contributed by atoms with van der Waals surface area (Å²) in [7, 11) is 0. The Bertz CT molecular complexity index is 911. The normalized spacial score (nSPS) is 15.3. The van der Waals surface area contributed by atoms with Gasteiger partial charge in [-0.05, 0) is 56.1 Å². The first kappa shape index (κ1) is 22.3. The molecule has 1 saturated heterocycles. The number of hydrogen-bond donors (Lipinski definition) is 2. The lowest BCUT2D eigenvalue weighted by molar-refractivity contribution is 0.143. The number of benzene rings is 2. The fourth-order valence-electron chi connectivity index (χ4n) is 3.35. The monoisotopic (exact) mass is 424 g/mol. The van der Waals surface area contributed by atoms with Gasteiger partial charge in [-0.2, -0.15) is 4.99 Å². The minimum absolute atomic E-state index is 0.0389. The number of amides is 2. The van der Waals surface area contributed by atoms with Crippen molar-refractivity contribution in [3.8, 4) is 0 Å². The molecule has 1 unspecified atom stereocenters. The van der Waals surface area contributed by atoms with Gasteiger partial charge in [-0.25, -0.2) is 9.59 Å². The number of alkyl carbamates (subject to hydrolysis) is 1. The minimum Gasteiger partial charge on any atom is -0.444 e. The van der Waals surface area contributed by atoms with Crippen LogP contribution in [0.25, 0.3) is 0 Å². The van der Waals surface area contributed by atoms with Gasteiger partial charge in [0, 0.05) is 5.69 Å². The number of likely N-dealkylation sites (tertiary alicyclic amines) is 1. The maximum Gasteiger partial charge on any atom is 0.435 e. The fraction of sp³-hybridized carbons (Fsp3) is 0.348. The number of nitrogens with two attached hydrogens (primary N) is 1. The summed E-state index contributed by atoms with van der Waals surface area (Å²) in [6, 6.07) is 16.2. The Morgan fingerprint density at radius 1 is 1.03 bits per heavy atom. The van der Waals surface area contributed by atoms with Crippen molar-refractivity contribution in [1.82, 2.24) is 10.2 Å². The summed E-state index contributed by atoms with van der Waals surface area (Å²) >= 11 is 0. The molecule has 0 aromatic heterocycles. The highest BCUT2D eigenvalue weighted by molar-refractivity contribution is 6.02. The number of carbonyl (C=O) groups excluding carboxylic acids is 2. The lowest BCUT2D eigenvalue weighted by Crippen LogP contribution is -2.46. The van der Waals surface area contributed by atoms with E-state index in [-0.39, 0.29) is 25.1 Å². The molecular weight excluding hydrogens is 396 g/mol. The van der Waals surface area contributed by atoms with Crippen molar-refractivity contribution in [2.24, 2.45) is 4.99 Å². The van der Waals surface area contributed by atoms with Gasteiger partial charge >= 0.3 is 12.2 Å². The van der Waals surface area contributed by atoms with Crippen LogP contribution >= 0.6 is 0 Å². The summed E-state index contributed by atoms with van der Waals surface area (Å²) in [6.07, 6.45) is 0.676. The Balaban J connectivity index is 1.63. The van der Waals surface area contributed by atoms with Gasteiger partial charge in [-0.3, -0.25) is 10.2 Å². The molecule has 2 aromatic rings. The van der Waals surface area contributed by atoms with Crippen LogP contribution in [-0.4, -0.2) is 42.1 Å². The third-order valence-corrected chi connectivity index (χ3v) is 5.05. The average Bonchev–Trinajstić information content (AvgIpc) is 3.31. The third kappa shape index (κ3) is 7.11. The van der Waals surface area contributed by atoms with Crippen molar-refractivity contribution in [2.45, 2.75) is 39.0 Å². The Hall–Kier alpha value is -3.39. The molecule has 0 aliphatic carbocycles. The van der Waals surface area contributed by atoms with E-state index in [1.165, 1.54) is 0 Å². The van der Waals surface area contributed by atoms with Crippen LogP contribution in [-0.2, 0) is 22.7 Å². The largest absolute Gasteiger partial charge is 0.444 e. The molecule has 0 radical (unpaired) electrons. The maximum absolute atomic E-state index is 12.3. The number of anilines is 1. The topological polar surface area (TPSA) is 106 Å². The number of carbonyl (C=O) groups is 2. The molecule has 2 aromatic carbocycles. The van der Waals surface area contributed by atoms with Gasteiger partial charge < -0.3 is 15.2 Å². The molecule has 3 rings (SSSR count). The van der Waals surface area contributed by atoms with Gasteiger partial charge in [0.2, 0.25) is 0 Å². The smallest absolute Gasteiger partial charge is 0.435 e. The summed E-state index contributed by atoms with van der Waals surface area (Å²) in [5.41, 5.74) is 7.96. The zero-order valence-electron chi connectivity index (χ0n) is 17.6. The van der Waals surface area contributed by atoms with E-state index in [0.717, 1.165) is 37.1 Å². The van der Waals surface area contributed by atoms with E-state index < -0.39 is 12.2 Å². The molecule has 1 fully saturated rings. The molecule has 0 spiro atoms. The number of nitrogen functional groups attached to an aromatic ring is 1. The summed E-state index contributed by atoms with van der Waals surface area (Å²) in [5, 5.41) is 2.63. The fourth-order valence-corrected chi connectivity index (χ4v) is 3.35. The average molecular weight is 425 g/mol. The molecule has 2 amide bonds. The summed E-state index contributed by atoms with van der Waals surface area (Å²) in [5.74, 6) is 0.206. The Labute approximate surface area is 182 Å². The van der Waals surface area contributed by atoms with Crippen LogP contribution in [0, 0.1) is 0 Å². The van der Waals surface area contributed by atoms with Gasteiger partial charge in [0.1, 0.15) is 19.0 Å². The number of hydrogen-bond acceptors (Lipinski definition) is 6. The van der Waals surface area contributed by atoms with E-state index in [0.29, 0.717) is 5.69 Å². The standard InChI is InChI=1S/C23H28N4O4/c1-17(27-12-5-6-13-27)21(25-22(28)30-15-18-8-3-2-4-9-18)26-23(29)31-16-19-10-7-11-20(24)14-19/h2-4,7-11,14,17H,5-6,12-13,15-16,24H2,1H3,(H,25,26,28,29). The quantitative estimate of drug-likeness (QED) is 0.416. The second-order valence-corrected chi connectivity index (χ2v) is 7.40. The first-order chi connectivity index (χ1) is 15.0. The molecule has 1 aliphatic heterocycles. The van der Waals surface area contributed by atoms with Crippen LogP contribution in [0.3, 0.4) is 0 Å².